The number of hydrogen-bond acceptors (Lipinski definition) is 10. The molecule has 0 saturated heterocycles. The van der Waals surface area contributed by atoms with Crippen molar-refractivity contribution in [3.63, 3.8) is 0 Å². The fourth-order valence-electron chi connectivity index (χ4n) is 5.53. The lowest BCUT2D eigenvalue weighted by Crippen LogP contribution is -2.32. The zero-order valence-corrected chi connectivity index (χ0v) is 37.1. The van der Waals surface area contributed by atoms with Crippen molar-refractivity contribution >= 4 is 127 Å². The molecule has 5 rings (SSSR count). The highest BCUT2D eigenvalue weighted by Gasteiger charge is 2.27. The Balaban J connectivity index is 1.27. The molecular formula is C43H35Cl5N8O6. The van der Waals surface area contributed by atoms with Crippen LogP contribution in [0.1, 0.15) is 51.3 Å². The van der Waals surface area contributed by atoms with E-state index in [1.807, 2.05) is 0 Å². The zero-order valence-electron chi connectivity index (χ0n) is 33.4. The Bertz CT molecular complexity index is 2530. The molecule has 4 amide bonds. The topological polar surface area (TPSA) is 200 Å². The summed E-state index contributed by atoms with van der Waals surface area (Å²) >= 11 is 31.5. The first-order valence-corrected chi connectivity index (χ1v) is 20.2. The van der Waals surface area contributed by atoms with E-state index >= 15 is 0 Å². The van der Waals surface area contributed by atoms with Gasteiger partial charge in [0.1, 0.15) is 11.4 Å². The number of aryl methyl sites for hydroxylation is 1. The third kappa shape index (κ3) is 11.7. The molecule has 2 atom stereocenters. The molecule has 0 bridgehead atoms. The molecule has 14 nitrogen and oxygen atoms in total. The Kier molecular flexibility index (Phi) is 15.7. The number of halogens is 5. The maximum atomic E-state index is 13.4. The van der Waals surface area contributed by atoms with Crippen molar-refractivity contribution in [1.82, 2.24) is 0 Å². The zero-order chi connectivity index (χ0) is 45.4. The highest BCUT2D eigenvalue weighted by molar-refractivity contribution is 6.35. The number of amides is 4. The van der Waals surface area contributed by atoms with Gasteiger partial charge in [-0.2, -0.15) is 20.5 Å². The van der Waals surface area contributed by atoms with Crippen LogP contribution in [-0.2, 0) is 19.2 Å². The lowest BCUT2D eigenvalue weighted by molar-refractivity contribution is -0.127. The van der Waals surface area contributed by atoms with Gasteiger partial charge in [-0.1, -0.05) is 70.1 Å². The summed E-state index contributed by atoms with van der Waals surface area (Å²) in [5, 5.41) is 27.7. The van der Waals surface area contributed by atoms with E-state index in [1.54, 1.807) is 57.2 Å². The van der Waals surface area contributed by atoms with Gasteiger partial charge in [-0.15, -0.1) is 0 Å². The number of carbonyl (C=O) groups excluding carboxylic acids is 6. The number of hydrogen-bond donors (Lipinski definition) is 4. The van der Waals surface area contributed by atoms with Crippen LogP contribution >= 0.6 is 58.0 Å². The van der Waals surface area contributed by atoms with Crippen LogP contribution in [0, 0.1) is 20.8 Å². The van der Waals surface area contributed by atoms with Crippen molar-refractivity contribution in [2.24, 2.45) is 20.5 Å². The van der Waals surface area contributed by atoms with Gasteiger partial charge >= 0.3 is 0 Å². The molecule has 2 unspecified atom stereocenters. The van der Waals surface area contributed by atoms with Gasteiger partial charge in [0, 0.05) is 38.2 Å². The van der Waals surface area contributed by atoms with E-state index in [2.05, 4.69) is 41.7 Å². The number of nitrogens with zero attached hydrogens (tertiary/aromatic N) is 4. The van der Waals surface area contributed by atoms with Crippen molar-refractivity contribution in [2.45, 2.75) is 46.7 Å². The van der Waals surface area contributed by atoms with Crippen molar-refractivity contribution in [3.05, 3.63) is 138 Å². The molecule has 318 valence electrons. The summed E-state index contributed by atoms with van der Waals surface area (Å²) in [6.45, 7) is 7.39. The number of ketones is 2. The summed E-state index contributed by atoms with van der Waals surface area (Å²) in [6.07, 6.45) is 0. The van der Waals surface area contributed by atoms with Crippen LogP contribution in [0.15, 0.2) is 105 Å². The average molecular weight is 937 g/mol. The molecule has 0 spiro atoms. The monoisotopic (exact) mass is 934 g/mol. The highest BCUT2D eigenvalue weighted by Crippen LogP contribution is 2.32. The van der Waals surface area contributed by atoms with E-state index in [0.29, 0.717) is 38.1 Å². The summed E-state index contributed by atoms with van der Waals surface area (Å²) in [5.74, 6) is -4.06. The Morgan fingerprint density at radius 1 is 0.468 bits per heavy atom. The van der Waals surface area contributed by atoms with E-state index in [4.69, 9.17) is 58.0 Å². The first-order chi connectivity index (χ1) is 29.3. The van der Waals surface area contributed by atoms with Crippen LogP contribution in [0.4, 0.5) is 34.1 Å². The van der Waals surface area contributed by atoms with Gasteiger partial charge in [-0.3, -0.25) is 28.8 Å². The van der Waals surface area contributed by atoms with Crippen LogP contribution in [0.25, 0.3) is 0 Å². The minimum absolute atomic E-state index is 0.0163. The molecule has 19 heteroatoms. The number of azo groups is 2. The van der Waals surface area contributed by atoms with Crippen LogP contribution in [0.3, 0.4) is 0 Å². The second-order valence-corrected chi connectivity index (χ2v) is 15.7. The molecule has 0 heterocycles. The number of anilines is 4. The van der Waals surface area contributed by atoms with E-state index < -0.39 is 47.3 Å². The SMILES string of the molecule is CC(=O)C(N=Nc1cc(C(=O)Nc2cccc(Cl)c2C)ccc1Cl)C(=O)Nc1cc(Cl)c(NC(=O)C(N=Nc2cc(C(=O)Nc3cccc(Cl)c3C)ccc2Cl)C(C)=O)cc1C. The number of rotatable bonds is 14. The third-order valence-corrected chi connectivity index (χ3v) is 10.9. The lowest BCUT2D eigenvalue weighted by atomic mass is 10.1. The van der Waals surface area contributed by atoms with E-state index in [9.17, 15) is 28.8 Å². The maximum Gasteiger partial charge on any atom is 0.258 e. The van der Waals surface area contributed by atoms with Crippen molar-refractivity contribution < 1.29 is 28.8 Å². The average Bonchev–Trinajstić information content (AvgIpc) is 3.21. The van der Waals surface area contributed by atoms with Gasteiger partial charge in [0.05, 0.1) is 20.8 Å². The maximum absolute atomic E-state index is 13.4. The smallest absolute Gasteiger partial charge is 0.258 e. The molecule has 0 aliphatic rings. The van der Waals surface area contributed by atoms with Crippen molar-refractivity contribution in [2.75, 3.05) is 21.3 Å². The van der Waals surface area contributed by atoms with Crippen LogP contribution in [0.5, 0.6) is 0 Å². The molecule has 4 N–H and O–H groups in total. The van der Waals surface area contributed by atoms with Gasteiger partial charge in [0.15, 0.2) is 11.6 Å². The summed E-state index contributed by atoms with van der Waals surface area (Å²) in [7, 11) is 0. The Labute approximate surface area is 380 Å². The Hall–Kier alpha value is -6.03. The van der Waals surface area contributed by atoms with Crippen molar-refractivity contribution in [3.8, 4) is 0 Å². The molecule has 0 saturated carbocycles. The molecule has 0 aliphatic carbocycles. The highest BCUT2D eigenvalue weighted by atomic mass is 35.5. The Morgan fingerprint density at radius 2 is 0.887 bits per heavy atom. The Morgan fingerprint density at radius 3 is 1.31 bits per heavy atom. The number of nitrogens with one attached hydrogen (secondary N) is 4. The first-order valence-electron chi connectivity index (χ1n) is 18.3. The van der Waals surface area contributed by atoms with Crippen LogP contribution in [-0.4, -0.2) is 47.3 Å². The van der Waals surface area contributed by atoms with E-state index in [1.165, 1.54) is 48.5 Å². The summed E-state index contributed by atoms with van der Waals surface area (Å²) in [5.41, 5.74) is 3.34. The fraction of sp³-hybridized carbons (Fsp3) is 0.163. The number of Topliss-reactive ketones (excluding diaryl/α,β-unsaturated/α-hetero) is 2. The van der Waals surface area contributed by atoms with Gasteiger partial charge in [-0.05, 0) is 124 Å². The lowest BCUT2D eigenvalue weighted by Gasteiger charge is -2.16. The molecule has 5 aromatic rings. The molecular weight excluding hydrogens is 902 g/mol. The molecule has 0 aromatic heterocycles. The number of carbonyl (C=O) groups is 6. The standard InChI is InChI=1S/C43H35Cl5N8O6/c1-20-16-35(52-43(62)39(24(5)58)56-54-37-18-26(13-15-30(37)47)41(60)50-33-11-7-9-28(45)22(33)3)31(48)19-34(20)51-42(61)38(23(4)57)55-53-36-17-25(12-14-29(36)46)40(59)49-32-10-6-8-27(44)21(32)2/h6-19,38-39H,1-5H3,(H,49,59)(H,50,60)(H,51,61)(H,52,62). The number of benzene rings is 5. The quantitative estimate of drug-likeness (QED) is 0.0630. The van der Waals surface area contributed by atoms with Gasteiger partial charge < -0.3 is 21.3 Å². The third-order valence-electron chi connectivity index (χ3n) is 9.11. The molecule has 0 radical (unpaired) electrons. The molecule has 5 aromatic carbocycles. The van der Waals surface area contributed by atoms with Crippen LogP contribution in [0.2, 0.25) is 25.1 Å². The predicted octanol–water partition coefficient (Wildman–Crippen LogP) is 11.7. The molecule has 0 aliphatic heterocycles. The largest absolute Gasteiger partial charge is 0.323 e. The van der Waals surface area contributed by atoms with Gasteiger partial charge in [-0.25, -0.2) is 0 Å². The van der Waals surface area contributed by atoms with Gasteiger partial charge in [0.25, 0.3) is 23.6 Å². The minimum Gasteiger partial charge on any atom is -0.323 e. The first kappa shape index (κ1) is 47.0. The normalized spacial score (nSPS) is 12.2. The fourth-order valence-corrected chi connectivity index (χ4v) is 6.40. The summed E-state index contributed by atoms with van der Waals surface area (Å²) in [4.78, 5) is 77.9. The molecule has 62 heavy (non-hydrogen) atoms. The predicted molar refractivity (Wildman–Crippen MR) is 243 cm³/mol. The second kappa shape index (κ2) is 20.7. The van der Waals surface area contributed by atoms with Crippen molar-refractivity contribution in [1.29, 1.82) is 0 Å². The van der Waals surface area contributed by atoms with Gasteiger partial charge in [0.2, 0.25) is 12.1 Å². The molecule has 0 fully saturated rings. The minimum atomic E-state index is -1.65. The van der Waals surface area contributed by atoms with E-state index in [-0.39, 0.29) is 48.9 Å². The summed E-state index contributed by atoms with van der Waals surface area (Å²) < 4.78 is 0. The second-order valence-electron chi connectivity index (χ2n) is 13.6. The van der Waals surface area contributed by atoms with E-state index in [0.717, 1.165) is 13.8 Å². The summed E-state index contributed by atoms with van der Waals surface area (Å²) in [6, 6.07) is 18.1. The van der Waals surface area contributed by atoms with Crippen LogP contribution < -0.4 is 21.3 Å².